The van der Waals surface area contributed by atoms with Crippen molar-refractivity contribution >= 4 is 5.71 Å². The van der Waals surface area contributed by atoms with Gasteiger partial charge in [-0.1, -0.05) is 33.8 Å². The van der Waals surface area contributed by atoms with E-state index in [1.54, 1.807) is 6.08 Å². The third-order valence-corrected chi connectivity index (χ3v) is 4.32. The number of aliphatic imine (C=N–C) groups is 1. The zero-order valence-corrected chi connectivity index (χ0v) is 16.9. The average molecular weight is 420 g/mol. The zero-order valence-electron chi connectivity index (χ0n) is 16.9. The third kappa shape index (κ3) is 5.64. The van der Waals surface area contributed by atoms with Gasteiger partial charge in [-0.15, -0.1) is 0 Å². The number of nitrogens with two attached hydrogens (primary N) is 1. The van der Waals surface area contributed by atoms with E-state index in [0.717, 1.165) is 18.1 Å². The molecule has 29 heavy (non-hydrogen) atoms. The molecular formula is C21H26F6N2. The van der Waals surface area contributed by atoms with Gasteiger partial charge in [0.1, 0.15) is 0 Å². The van der Waals surface area contributed by atoms with Crippen molar-refractivity contribution in [3.05, 3.63) is 57.8 Å². The van der Waals surface area contributed by atoms with Gasteiger partial charge < -0.3 is 5.73 Å². The molecule has 1 aliphatic carbocycles. The second kappa shape index (κ2) is 9.98. The van der Waals surface area contributed by atoms with E-state index in [1.807, 2.05) is 27.7 Å². The highest BCUT2D eigenvalue weighted by Crippen LogP contribution is 2.40. The molecule has 162 valence electrons. The first-order valence-corrected chi connectivity index (χ1v) is 9.60. The van der Waals surface area contributed by atoms with Crippen molar-refractivity contribution in [2.24, 2.45) is 10.7 Å². The van der Waals surface area contributed by atoms with Crippen molar-refractivity contribution in [1.82, 2.24) is 0 Å². The van der Waals surface area contributed by atoms with Gasteiger partial charge in [0, 0.05) is 11.3 Å². The minimum Gasteiger partial charge on any atom is -0.399 e. The number of alkyl halides is 6. The van der Waals surface area contributed by atoms with E-state index in [9.17, 15) is 26.3 Å². The van der Waals surface area contributed by atoms with Crippen LogP contribution in [0.15, 0.2) is 46.1 Å². The maximum Gasteiger partial charge on any atom is 0.417 e. The molecule has 1 heterocycles. The summed E-state index contributed by atoms with van der Waals surface area (Å²) in [7, 11) is 0. The fraction of sp³-hybridized carbons (Fsp3) is 0.476. The molecule has 0 fully saturated rings. The van der Waals surface area contributed by atoms with Crippen LogP contribution in [0, 0.1) is 0 Å². The van der Waals surface area contributed by atoms with Gasteiger partial charge in [-0.25, -0.2) is 0 Å². The molecule has 2 aliphatic rings. The molecule has 0 atom stereocenters. The largest absolute Gasteiger partial charge is 0.417 e. The van der Waals surface area contributed by atoms with Crippen LogP contribution in [-0.2, 0) is 12.4 Å². The molecule has 0 spiro atoms. The second-order valence-corrected chi connectivity index (χ2v) is 5.92. The van der Waals surface area contributed by atoms with Gasteiger partial charge in [-0.2, -0.15) is 26.3 Å². The highest BCUT2D eigenvalue weighted by atomic mass is 19.4. The van der Waals surface area contributed by atoms with Gasteiger partial charge in [-0.3, -0.25) is 4.99 Å². The van der Waals surface area contributed by atoms with Crippen molar-refractivity contribution < 1.29 is 26.3 Å². The van der Waals surface area contributed by atoms with Crippen molar-refractivity contribution in [2.75, 3.05) is 6.54 Å². The predicted molar refractivity (Wildman–Crippen MR) is 104 cm³/mol. The predicted octanol–water partition coefficient (Wildman–Crippen LogP) is 6.90. The Morgan fingerprint density at radius 1 is 0.862 bits per heavy atom. The van der Waals surface area contributed by atoms with Crippen LogP contribution >= 0.6 is 0 Å². The Balaban J connectivity index is 0.000000989. The Morgan fingerprint density at radius 3 is 2.00 bits per heavy atom. The van der Waals surface area contributed by atoms with E-state index < -0.39 is 23.5 Å². The molecule has 0 radical (unpaired) electrons. The van der Waals surface area contributed by atoms with Crippen molar-refractivity contribution in [3.8, 4) is 0 Å². The summed E-state index contributed by atoms with van der Waals surface area (Å²) in [5, 5.41) is 0. The van der Waals surface area contributed by atoms with E-state index in [4.69, 9.17) is 5.73 Å². The van der Waals surface area contributed by atoms with Crippen LogP contribution < -0.4 is 5.73 Å². The molecule has 0 bridgehead atoms. The van der Waals surface area contributed by atoms with E-state index in [0.29, 0.717) is 30.2 Å². The standard InChI is InChI=1S/C17H14F6N2.2C2H6/c18-16(19,20)9-4-5-12(13(8-9)17(21,22)23)15-11-3-1-2-10(11)14(24)6-7-25-15;2*1-2/h4-6,8H,1-3,7,24H2;2*1-2H3. The Kier molecular flexibility index (Phi) is 8.53. The molecule has 2 N–H and O–H groups in total. The van der Waals surface area contributed by atoms with Gasteiger partial charge in [0.25, 0.3) is 0 Å². The lowest BCUT2D eigenvalue weighted by atomic mass is 9.93. The smallest absolute Gasteiger partial charge is 0.399 e. The summed E-state index contributed by atoms with van der Waals surface area (Å²) in [4.78, 5) is 4.17. The lowest BCUT2D eigenvalue weighted by Crippen LogP contribution is -2.18. The van der Waals surface area contributed by atoms with E-state index in [2.05, 4.69) is 4.99 Å². The monoisotopic (exact) mass is 420 g/mol. The molecule has 3 rings (SSSR count). The molecule has 1 aliphatic heterocycles. The van der Waals surface area contributed by atoms with E-state index in [1.165, 1.54) is 0 Å². The molecule has 2 nitrogen and oxygen atoms in total. The van der Waals surface area contributed by atoms with Crippen LogP contribution in [0.3, 0.4) is 0 Å². The van der Waals surface area contributed by atoms with Crippen molar-refractivity contribution in [3.63, 3.8) is 0 Å². The summed E-state index contributed by atoms with van der Waals surface area (Å²) in [5.41, 5.74) is 4.82. The third-order valence-electron chi connectivity index (χ3n) is 4.32. The average Bonchev–Trinajstić information content (AvgIpc) is 3.10. The van der Waals surface area contributed by atoms with E-state index in [-0.39, 0.29) is 23.9 Å². The number of nitrogens with zero attached hydrogens (tertiary/aromatic N) is 1. The highest BCUT2D eigenvalue weighted by molar-refractivity contribution is 6.15. The Labute approximate surface area is 167 Å². The van der Waals surface area contributed by atoms with Gasteiger partial charge in [0.2, 0.25) is 0 Å². The number of hydrogen-bond acceptors (Lipinski definition) is 2. The SMILES string of the molecule is CC.CC.NC1=CCN=C(c2ccc(C(F)(F)F)cc2C(F)(F)F)C2=C1CCC2. The number of rotatable bonds is 1. The quantitative estimate of drug-likeness (QED) is 0.493. The molecule has 1 aromatic carbocycles. The fourth-order valence-electron chi connectivity index (χ4n) is 3.19. The minimum atomic E-state index is -4.93. The van der Waals surface area contributed by atoms with Crippen LogP contribution in [0.4, 0.5) is 26.3 Å². The molecule has 0 amide bonds. The summed E-state index contributed by atoms with van der Waals surface area (Å²) in [6.45, 7) is 8.09. The first-order valence-electron chi connectivity index (χ1n) is 9.60. The topological polar surface area (TPSA) is 38.4 Å². The Morgan fingerprint density at radius 2 is 1.45 bits per heavy atom. The first-order chi connectivity index (χ1) is 13.6. The summed E-state index contributed by atoms with van der Waals surface area (Å²) >= 11 is 0. The molecule has 0 saturated heterocycles. The summed E-state index contributed by atoms with van der Waals surface area (Å²) < 4.78 is 78.7. The number of hydrogen-bond donors (Lipinski definition) is 1. The normalized spacial score (nSPS) is 16.5. The van der Waals surface area contributed by atoms with Gasteiger partial charge in [0.05, 0.1) is 23.4 Å². The number of benzene rings is 1. The molecule has 0 saturated carbocycles. The summed E-state index contributed by atoms with van der Waals surface area (Å²) in [6.07, 6.45) is -6.32. The molecule has 1 aromatic rings. The molecular weight excluding hydrogens is 394 g/mol. The highest BCUT2D eigenvalue weighted by Gasteiger charge is 2.39. The maximum atomic E-state index is 13.4. The van der Waals surface area contributed by atoms with Crippen LogP contribution in [-0.4, -0.2) is 12.3 Å². The van der Waals surface area contributed by atoms with Crippen LogP contribution in [0.2, 0.25) is 0 Å². The molecule has 8 heteroatoms. The summed E-state index contributed by atoms with van der Waals surface area (Å²) in [6, 6.07) is 1.66. The van der Waals surface area contributed by atoms with Gasteiger partial charge >= 0.3 is 12.4 Å². The Hall–Kier alpha value is -2.25. The fourth-order valence-corrected chi connectivity index (χ4v) is 3.19. The van der Waals surface area contributed by atoms with Crippen LogP contribution in [0.25, 0.3) is 0 Å². The van der Waals surface area contributed by atoms with Crippen molar-refractivity contribution in [1.29, 1.82) is 0 Å². The van der Waals surface area contributed by atoms with Crippen molar-refractivity contribution in [2.45, 2.75) is 59.3 Å². The zero-order chi connectivity index (χ0) is 22.4. The van der Waals surface area contributed by atoms with Gasteiger partial charge in [-0.05, 0) is 48.6 Å². The lowest BCUT2D eigenvalue weighted by molar-refractivity contribution is -0.143. The second-order valence-electron chi connectivity index (χ2n) is 5.92. The summed E-state index contributed by atoms with van der Waals surface area (Å²) in [5.74, 6) is 0. The minimum absolute atomic E-state index is 0.0882. The van der Waals surface area contributed by atoms with E-state index >= 15 is 0 Å². The van der Waals surface area contributed by atoms with Crippen LogP contribution in [0.1, 0.15) is 63.6 Å². The van der Waals surface area contributed by atoms with Crippen LogP contribution in [0.5, 0.6) is 0 Å². The number of allylic oxidation sites excluding steroid dienone is 2. The first kappa shape index (κ1) is 24.8. The molecule has 0 unspecified atom stereocenters. The van der Waals surface area contributed by atoms with Gasteiger partial charge in [0.15, 0.2) is 0 Å². The lowest BCUT2D eigenvalue weighted by Gasteiger charge is -2.18. The number of halogens is 6. The maximum absolute atomic E-state index is 13.4. The molecule has 0 aromatic heterocycles. The Bertz CT molecular complexity index is 798.